The van der Waals surface area contributed by atoms with Gasteiger partial charge in [0.05, 0.1) is 0 Å². The average molecular weight is 213 g/mol. The summed E-state index contributed by atoms with van der Waals surface area (Å²) in [4.78, 5) is 0. The second-order valence-electron chi connectivity index (χ2n) is 3.52. The molecule has 0 amide bonds. The number of alkyl halides is 1. The van der Waals surface area contributed by atoms with Gasteiger partial charge < -0.3 is 10.4 Å². The standard InChI is InChI=1S/C12H20FNO/c1-11(2)5-8-14-10-12(6-9-15)4-3-7-13/h3-5,8,10-11,14-15H,6-7,9H2,1-2H3/b4-3+,8-5+,12-10+. The van der Waals surface area contributed by atoms with E-state index in [1.807, 2.05) is 12.3 Å². The van der Waals surface area contributed by atoms with Crippen LogP contribution in [-0.2, 0) is 0 Å². The zero-order valence-electron chi connectivity index (χ0n) is 9.41. The molecule has 0 aliphatic heterocycles. The summed E-state index contributed by atoms with van der Waals surface area (Å²) >= 11 is 0. The van der Waals surface area contributed by atoms with E-state index in [0.717, 1.165) is 5.57 Å². The zero-order chi connectivity index (χ0) is 11.5. The molecule has 0 saturated carbocycles. The molecule has 2 N–H and O–H groups in total. The fourth-order valence-corrected chi connectivity index (χ4v) is 0.932. The molecule has 0 heterocycles. The van der Waals surface area contributed by atoms with E-state index in [9.17, 15) is 4.39 Å². The highest BCUT2D eigenvalue weighted by Crippen LogP contribution is 2.01. The Balaban J connectivity index is 4.10. The van der Waals surface area contributed by atoms with Crippen LogP contribution in [0.2, 0.25) is 0 Å². The van der Waals surface area contributed by atoms with Crippen LogP contribution < -0.4 is 5.32 Å². The summed E-state index contributed by atoms with van der Waals surface area (Å²) in [6.07, 6.45) is 9.25. The van der Waals surface area contributed by atoms with Gasteiger partial charge in [-0.3, -0.25) is 0 Å². The second kappa shape index (κ2) is 9.46. The van der Waals surface area contributed by atoms with Crippen LogP contribution in [0.15, 0.2) is 36.2 Å². The van der Waals surface area contributed by atoms with Gasteiger partial charge >= 0.3 is 0 Å². The Bertz CT molecular complexity index is 232. The van der Waals surface area contributed by atoms with E-state index in [2.05, 4.69) is 19.2 Å². The molecule has 0 aliphatic carbocycles. The van der Waals surface area contributed by atoms with Crippen LogP contribution in [0.1, 0.15) is 20.3 Å². The molecular formula is C12H20FNO. The van der Waals surface area contributed by atoms with Crippen LogP contribution >= 0.6 is 0 Å². The molecule has 86 valence electrons. The van der Waals surface area contributed by atoms with Gasteiger partial charge in [0.25, 0.3) is 0 Å². The Labute approximate surface area is 91.2 Å². The van der Waals surface area contributed by atoms with Crippen molar-refractivity contribution in [3.8, 4) is 0 Å². The third-order valence-corrected chi connectivity index (χ3v) is 1.67. The molecule has 0 saturated heterocycles. The predicted octanol–water partition coefficient (Wildman–Crippen LogP) is 2.54. The number of aliphatic hydroxyl groups is 1. The van der Waals surface area contributed by atoms with E-state index in [4.69, 9.17) is 5.11 Å². The molecule has 0 spiro atoms. The third kappa shape index (κ3) is 9.22. The van der Waals surface area contributed by atoms with Gasteiger partial charge in [0.2, 0.25) is 0 Å². The third-order valence-electron chi connectivity index (χ3n) is 1.67. The monoisotopic (exact) mass is 213 g/mol. The summed E-state index contributed by atoms with van der Waals surface area (Å²) < 4.78 is 11.9. The quantitative estimate of drug-likeness (QED) is 0.637. The van der Waals surface area contributed by atoms with Gasteiger partial charge in [0.1, 0.15) is 6.67 Å². The van der Waals surface area contributed by atoms with Gasteiger partial charge in [-0.15, -0.1) is 0 Å². The molecule has 3 heteroatoms. The van der Waals surface area contributed by atoms with Crippen molar-refractivity contribution in [1.82, 2.24) is 5.32 Å². The molecule has 0 aromatic heterocycles. The van der Waals surface area contributed by atoms with Crippen molar-refractivity contribution in [3.05, 3.63) is 36.2 Å². The highest BCUT2D eigenvalue weighted by molar-refractivity contribution is 5.18. The summed E-state index contributed by atoms with van der Waals surface area (Å²) in [5, 5.41) is 11.7. The van der Waals surface area contributed by atoms with Gasteiger partial charge in [-0.25, -0.2) is 4.39 Å². The zero-order valence-corrected chi connectivity index (χ0v) is 9.41. The molecular weight excluding hydrogens is 193 g/mol. The summed E-state index contributed by atoms with van der Waals surface area (Å²) in [5.74, 6) is 0.494. The molecule has 0 fully saturated rings. The number of nitrogens with one attached hydrogen (secondary N) is 1. The van der Waals surface area contributed by atoms with Gasteiger partial charge in [-0.05, 0) is 24.1 Å². The number of rotatable bonds is 7. The van der Waals surface area contributed by atoms with Crippen molar-refractivity contribution >= 4 is 0 Å². The van der Waals surface area contributed by atoms with Crippen molar-refractivity contribution in [2.45, 2.75) is 20.3 Å². The normalized spacial score (nSPS) is 13.3. The maximum atomic E-state index is 11.9. The molecule has 0 aromatic carbocycles. The average Bonchev–Trinajstić information content (AvgIpc) is 2.20. The minimum atomic E-state index is -0.482. The van der Waals surface area contributed by atoms with Crippen LogP contribution in [0.3, 0.4) is 0 Å². The summed E-state index contributed by atoms with van der Waals surface area (Å²) in [6.45, 7) is 3.75. The van der Waals surface area contributed by atoms with E-state index >= 15 is 0 Å². The highest BCUT2D eigenvalue weighted by Gasteiger charge is 1.90. The van der Waals surface area contributed by atoms with Crippen molar-refractivity contribution in [1.29, 1.82) is 0 Å². The van der Waals surface area contributed by atoms with E-state index in [1.54, 1.807) is 12.3 Å². The van der Waals surface area contributed by atoms with Crippen LogP contribution in [0, 0.1) is 5.92 Å². The molecule has 0 aliphatic rings. The van der Waals surface area contributed by atoms with Crippen molar-refractivity contribution < 1.29 is 9.50 Å². The van der Waals surface area contributed by atoms with Gasteiger partial charge in [-0.2, -0.15) is 0 Å². The first-order chi connectivity index (χ1) is 7.20. The lowest BCUT2D eigenvalue weighted by atomic mass is 10.2. The molecule has 0 radical (unpaired) electrons. The molecule has 0 bridgehead atoms. The van der Waals surface area contributed by atoms with Gasteiger partial charge in [-0.1, -0.05) is 32.1 Å². The Morgan fingerprint density at radius 3 is 2.73 bits per heavy atom. The maximum Gasteiger partial charge on any atom is 0.108 e. The molecule has 0 atom stereocenters. The van der Waals surface area contributed by atoms with Crippen molar-refractivity contribution in [2.24, 2.45) is 5.92 Å². The lowest BCUT2D eigenvalue weighted by Crippen LogP contribution is -1.97. The van der Waals surface area contributed by atoms with Crippen LogP contribution in [-0.4, -0.2) is 18.4 Å². The first-order valence-electron chi connectivity index (χ1n) is 5.15. The molecule has 15 heavy (non-hydrogen) atoms. The second-order valence-corrected chi connectivity index (χ2v) is 3.52. The van der Waals surface area contributed by atoms with Crippen LogP contribution in [0.4, 0.5) is 4.39 Å². The Morgan fingerprint density at radius 2 is 2.20 bits per heavy atom. The fraction of sp³-hybridized carbons (Fsp3) is 0.500. The first kappa shape index (κ1) is 13.9. The van der Waals surface area contributed by atoms with E-state index in [1.165, 1.54) is 6.08 Å². The van der Waals surface area contributed by atoms with Crippen molar-refractivity contribution in [2.75, 3.05) is 13.3 Å². The lowest BCUT2D eigenvalue weighted by Gasteiger charge is -2.00. The van der Waals surface area contributed by atoms with Gasteiger partial charge in [0.15, 0.2) is 0 Å². The Morgan fingerprint density at radius 1 is 1.47 bits per heavy atom. The van der Waals surface area contributed by atoms with E-state index in [0.29, 0.717) is 12.3 Å². The van der Waals surface area contributed by atoms with Crippen LogP contribution in [0.5, 0.6) is 0 Å². The van der Waals surface area contributed by atoms with Crippen LogP contribution in [0.25, 0.3) is 0 Å². The number of halogens is 1. The summed E-state index contributed by atoms with van der Waals surface area (Å²) in [5.41, 5.74) is 0.878. The molecule has 0 rings (SSSR count). The number of aliphatic hydroxyl groups excluding tert-OH is 1. The van der Waals surface area contributed by atoms with E-state index in [-0.39, 0.29) is 6.61 Å². The summed E-state index contributed by atoms with van der Waals surface area (Å²) in [6, 6.07) is 0. The first-order valence-corrected chi connectivity index (χ1v) is 5.15. The Hall–Kier alpha value is -1.09. The number of allylic oxidation sites excluding steroid dienone is 3. The number of hydrogen-bond acceptors (Lipinski definition) is 2. The molecule has 0 unspecified atom stereocenters. The van der Waals surface area contributed by atoms with E-state index < -0.39 is 6.67 Å². The molecule has 0 aromatic rings. The smallest absolute Gasteiger partial charge is 0.108 e. The van der Waals surface area contributed by atoms with Gasteiger partial charge in [0, 0.05) is 12.8 Å². The number of hydrogen-bond donors (Lipinski definition) is 2. The fourth-order valence-electron chi connectivity index (χ4n) is 0.932. The lowest BCUT2D eigenvalue weighted by molar-refractivity contribution is 0.300. The molecule has 2 nitrogen and oxygen atoms in total. The summed E-state index contributed by atoms with van der Waals surface area (Å²) in [7, 11) is 0. The van der Waals surface area contributed by atoms with Crippen molar-refractivity contribution in [3.63, 3.8) is 0 Å². The predicted molar refractivity (Wildman–Crippen MR) is 62.0 cm³/mol. The maximum absolute atomic E-state index is 11.9. The minimum Gasteiger partial charge on any atom is -0.396 e. The highest BCUT2D eigenvalue weighted by atomic mass is 19.1. The largest absolute Gasteiger partial charge is 0.396 e. The Kier molecular flexibility index (Phi) is 8.78. The SMILES string of the molecule is CC(C)/C=C/N/C=C(\C=C\CF)CCO. The topological polar surface area (TPSA) is 32.3 Å². The minimum absolute atomic E-state index is 0.0675.